The summed E-state index contributed by atoms with van der Waals surface area (Å²) >= 11 is 5.62. The van der Waals surface area contributed by atoms with Gasteiger partial charge in [-0.15, -0.1) is 0 Å². The summed E-state index contributed by atoms with van der Waals surface area (Å²) in [5, 5.41) is 4.23. The SMILES string of the molecule is S=C1NC(c2ccccn2)C(c2ccc[nH]2)N1CC1CCCO1. The molecule has 2 N–H and O–H groups in total. The minimum Gasteiger partial charge on any atom is -0.376 e. The molecule has 2 aliphatic heterocycles. The van der Waals surface area contributed by atoms with Gasteiger partial charge < -0.3 is 19.9 Å². The second kappa shape index (κ2) is 6.29. The average molecular weight is 328 g/mol. The Hall–Kier alpha value is -1.92. The standard InChI is InChI=1S/C17H20N4OS/c23-17-20-15(13-6-1-2-8-18-13)16(14-7-3-9-19-14)21(17)11-12-5-4-10-22-12/h1-3,6-9,12,15-16,19H,4-5,10-11H2,(H,20,23). The van der Waals surface area contributed by atoms with Gasteiger partial charge in [-0.3, -0.25) is 4.98 Å². The van der Waals surface area contributed by atoms with Gasteiger partial charge in [-0.2, -0.15) is 0 Å². The summed E-state index contributed by atoms with van der Waals surface area (Å²) in [4.78, 5) is 10.1. The highest BCUT2D eigenvalue weighted by Crippen LogP contribution is 2.38. The Morgan fingerprint density at radius 1 is 1.30 bits per heavy atom. The van der Waals surface area contributed by atoms with E-state index in [4.69, 9.17) is 17.0 Å². The smallest absolute Gasteiger partial charge is 0.170 e. The van der Waals surface area contributed by atoms with Crippen LogP contribution in [0.3, 0.4) is 0 Å². The fourth-order valence-corrected chi connectivity index (χ4v) is 3.79. The molecular weight excluding hydrogens is 308 g/mol. The van der Waals surface area contributed by atoms with Crippen LogP contribution in [0.2, 0.25) is 0 Å². The van der Waals surface area contributed by atoms with Crippen LogP contribution < -0.4 is 5.32 Å². The number of nitrogens with one attached hydrogen (secondary N) is 2. The summed E-state index contributed by atoms with van der Waals surface area (Å²) in [7, 11) is 0. The molecule has 0 aromatic carbocycles. The maximum absolute atomic E-state index is 5.81. The third-order valence-corrected chi connectivity index (χ3v) is 4.92. The first-order valence-electron chi connectivity index (χ1n) is 8.06. The normalized spacial score (nSPS) is 27.4. The lowest BCUT2D eigenvalue weighted by Crippen LogP contribution is -2.36. The number of pyridine rings is 1. The number of hydrogen-bond acceptors (Lipinski definition) is 3. The molecule has 0 radical (unpaired) electrons. The maximum Gasteiger partial charge on any atom is 0.170 e. The van der Waals surface area contributed by atoms with Crippen molar-refractivity contribution in [3.05, 3.63) is 54.1 Å². The predicted molar refractivity (Wildman–Crippen MR) is 91.9 cm³/mol. The van der Waals surface area contributed by atoms with E-state index in [2.05, 4.69) is 26.3 Å². The zero-order valence-corrected chi connectivity index (χ0v) is 13.6. The molecule has 2 aromatic heterocycles. The molecular formula is C17H20N4OS. The molecule has 4 heterocycles. The Morgan fingerprint density at radius 2 is 2.26 bits per heavy atom. The molecule has 2 aliphatic rings. The Labute approximate surface area is 141 Å². The van der Waals surface area contributed by atoms with Gasteiger partial charge in [-0.1, -0.05) is 6.07 Å². The quantitative estimate of drug-likeness (QED) is 0.845. The van der Waals surface area contributed by atoms with E-state index in [9.17, 15) is 0 Å². The fraction of sp³-hybridized carbons (Fsp3) is 0.412. The van der Waals surface area contributed by atoms with Crippen molar-refractivity contribution in [3.63, 3.8) is 0 Å². The summed E-state index contributed by atoms with van der Waals surface area (Å²) in [6, 6.07) is 10.3. The van der Waals surface area contributed by atoms with Crippen LogP contribution in [0.25, 0.3) is 0 Å². The van der Waals surface area contributed by atoms with Crippen LogP contribution in [0.1, 0.15) is 36.3 Å². The number of H-pyrrole nitrogens is 1. The summed E-state index contributed by atoms with van der Waals surface area (Å²) in [5.41, 5.74) is 2.15. The van der Waals surface area contributed by atoms with E-state index in [0.717, 1.165) is 42.5 Å². The first-order chi connectivity index (χ1) is 11.3. The van der Waals surface area contributed by atoms with Crippen molar-refractivity contribution in [2.75, 3.05) is 13.2 Å². The molecule has 23 heavy (non-hydrogen) atoms. The van der Waals surface area contributed by atoms with Crippen molar-refractivity contribution in [2.45, 2.75) is 31.0 Å². The molecule has 2 fully saturated rings. The molecule has 4 rings (SSSR count). The summed E-state index contributed by atoms with van der Waals surface area (Å²) in [6.45, 7) is 1.67. The second-order valence-electron chi connectivity index (χ2n) is 6.04. The Balaban J connectivity index is 1.66. The molecule has 0 bridgehead atoms. The van der Waals surface area contributed by atoms with E-state index in [0.29, 0.717) is 0 Å². The lowest BCUT2D eigenvalue weighted by molar-refractivity contribution is 0.0838. The lowest BCUT2D eigenvalue weighted by Gasteiger charge is -2.28. The molecule has 0 spiro atoms. The Bertz CT molecular complexity index is 654. The summed E-state index contributed by atoms with van der Waals surface area (Å²) in [6.07, 6.45) is 6.28. The monoisotopic (exact) mass is 328 g/mol. The van der Waals surface area contributed by atoms with Gasteiger partial charge in [-0.05, 0) is 49.3 Å². The minimum absolute atomic E-state index is 0.0451. The van der Waals surface area contributed by atoms with Crippen molar-refractivity contribution >= 4 is 17.3 Å². The Kier molecular flexibility index (Phi) is 4.01. The van der Waals surface area contributed by atoms with E-state index in [1.807, 2.05) is 36.7 Å². The van der Waals surface area contributed by atoms with E-state index in [1.54, 1.807) is 0 Å². The predicted octanol–water partition coefficient (Wildman–Crippen LogP) is 2.56. The largest absolute Gasteiger partial charge is 0.376 e. The highest BCUT2D eigenvalue weighted by molar-refractivity contribution is 7.80. The molecule has 0 amide bonds. The van der Waals surface area contributed by atoms with Gasteiger partial charge >= 0.3 is 0 Å². The molecule has 2 saturated heterocycles. The van der Waals surface area contributed by atoms with E-state index in [-0.39, 0.29) is 18.2 Å². The van der Waals surface area contributed by atoms with Crippen molar-refractivity contribution < 1.29 is 4.74 Å². The first-order valence-corrected chi connectivity index (χ1v) is 8.47. The van der Waals surface area contributed by atoms with Crippen LogP contribution in [0.5, 0.6) is 0 Å². The number of hydrogen-bond donors (Lipinski definition) is 2. The van der Waals surface area contributed by atoms with Crippen LogP contribution in [-0.2, 0) is 4.74 Å². The van der Waals surface area contributed by atoms with Crippen LogP contribution in [0, 0.1) is 0 Å². The van der Waals surface area contributed by atoms with E-state index in [1.165, 1.54) is 0 Å². The van der Waals surface area contributed by atoms with Gasteiger partial charge in [0.25, 0.3) is 0 Å². The molecule has 2 aromatic rings. The van der Waals surface area contributed by atoms with Crippen LogP contribution in [0.15, 0.2) is 42.7 Å². The number of nitrogens with zero attached hydrogens (tertiary/aromatic N) is 2. The van der Waals surface area contributed by atoms with E-state index < -0.39 is 0 Å². The van der Waals surface area contributed by atoms with Crippen LogP contribution in [0.4, 0.5) is 0 Å². The molecule has 6 heteroatoms. The van der Waals surface area contributed by atoms with Crippen molar-refractivity contribution in [1.82, 2.24) is 20.2 Å². The third-order valence-electron chi connectivity index (χ3n) is 4.56. The van der Waals surface area contributed by atoms with Crippen molar-refractivity contribution in [3.8, 4) is 0 Å². The van der Waals surface area contributed by atoms with Gasteiger partial charge in [-0.25, -0.2) is 0 Å². The van der Waals surface area contributed by atoms with Gasteiger partial charge in [0.2, 0.25) is 0 Å². The summed E-state index contributed by atoms with van der Waals surface area (Å²) < 4.78 is 5.81. The van der Waals surface area contributed by atoms with Gasteiger partial charge in [0.1, 0.15) is 0 Å². The highest BCUT2D eigenvalue weighted by Gasteiger charge is 2.41. The molecule has 0 aliphatic carbocycles. The zero-order chi connectivity index (χ0) is 15.6. The zero-order valence-electron chi connectivity index (χ0n) is 12.8. The summed E-state index contributed by atoms with van der Waals surface area (Å²) in [5.74, 6) is 0. The van der Waals surface area contributed by atoms with Gasteiger partial charge in [0.05, 0.1) is 23.9 Å². The first kappa shape index (κ1) is 14.7. The number of thiocarbonyl (C=S) groups is 1. The molecule has 5 nitrogen and oxygen atoms in total. The number of aromatic amines is 1. The maximum atomic E-state index is 5.81. The lowest BCUT2D eigenvalue weighted by atomic mass is 10.0. The van der Waals surface area contributed by atoms with Gasteiger partial charge in [0, 0.05) is 31.2 Å². The fourth-order valence-electron chi connectivity index (χ4n) is 3.48. The molecule has 3 atom stereocenters. The number of aromatic nitrogens is 2. The Morgan fingerprint density at radius 3 is 2.96 bits per heavy atom. The van der Waals surface area contributed by atoms with Gasteiger partial charge in [0.15, 0.2) is 5.11 Å². The molecule has 120 valence electrons. The van der Waals surface area contributed by atoms with Crippen LogP contribution >= 0.6 is 12.2 Å². The van der Waals surface area contributed by atoms with Crippen molar-refractivity contribution in [1.29, 1.82) is 0 Å². The van der Waals surface area contributed by atoms with Crippen LogP contribution in [-0.4, -0.2) is 39.2 Å². The highest BCUT2D eigenvalue weighted by atomic mass is 32.1. The topological polar surface area (TPSA) is 53.2 Å². The molecule has 0 saturated carbocycles. The average Bonchev–Trinajstić information content (AvgIpc) is 3.31. The van der Waals surface area contributed by atoms with Crippen molar-refractivity contribution in [2.24, 2.45) is 0 Å². The van der Waals surface area contributed by atoms with E-state index >= 15 is 0 Å². The number of ether oxygens (including phenoxy) is 1. The molecule has 3 unspecified atom stereocenters. The minimum atomic E-state index is 0.0451. The number of rotatable bonds is 4. The second-order valence-corrected chi connectivity index (χ2v) is 6.43. The third kappa shape index (κ3) is 2.84.